The van der Waals surface area contributed by atoms with Crippen molar-refractivity contribution in [3.8, 4) is 0 Å². The van der Waals surface area contributed by atoms with Gasteiger partial charge < -0.3 is 5.32 Å². The Morgan fingerprint density at radius 1 is 1.33 bits per heavy atom. The van der Waals surface area contributed by atoms with Gasteiger partial charge in [0.1, 0.15) is 0 Å². The number of halogens is 1. The largest absolute Gasteiger partial charge is 0.326 e. The maximum atomic E-state index is 12.1. The lowest BCUT2D eigenvalue weighted by Gasteiger charge is -2.08. The van der Waals surface area contributed by atoms with Gasteiger partial charge in [0, 0.05) is 22.3 Å². The zero-order chi connectivity index (χ0) is 14.8. The van der Waals surface area contributed by atoms with Crippen molar-refractivity contribution in [2.45, 2.75) is 13.3 Å². The van der Waals surface area contributed by atoms with E-state index < -0.39 is 0 Å². The van der Waals surface area contributed by atoms with E-state index in [1.54, 1.807) is 6.07 Å². The second kappa shape index (κ2) is 5.58. The summed E-state index contributed by atoms with van der Waals surface area (Å²) in [4.78, 5) is 12.1. The zero-order valence-corrected chi connectivity index (χ0v) is 12.2. The summed E-state index contributed by atoms with van der Waals surface area (Å²) in [5, 5.41) is 11.5. The highest BCUT2D eigenvalue weighted by Crippen LogP contribution is 2.22. The van der Waals surface area contributed by atoms with Crippen LogP contribution < -0.4 is 5.32 Å². The van der Waals surface area contributed by atoms with Crippen LogP contribution >= 0.6 is 11.6 Å². The van der Waals surface area contributed by atoms with Crippen molar-refractivity contribution in [2.24, 2.45) is 0 Å². The molecule has 3 rings (SSSR count). The van der Waals surface area contributed by atoms with E-state index in [9.17, 15) is 4.79 Å². The molecule has 21 heavy (non-hydrogen) atoms. The molecule has 0 spiro atoms. The lowest BCUT2D eigenvalue weighted by Crippen LogP contribution is -2.14. The Morgan fingerprint density at radius 3 is 2.95 bits per heavy atom. The second-order valence-corrected chi connectivity index (χ2v) is 5.33. The Hall–Kier alpha value is -2.33. The molecule has 0 fully saturated rings. The molecular formula is C16H14ClN3O. The molecule has 0 saturated carbocycles. The fraction of sp³-hybridized carbons (Fsp3) is 0.125. The highest BCUT2D eigenvalue weighted by molar-refractivity contribution is 6.31. The van der Waals surface area contributed by atoms with Crippen LogP contribution in [0.15, 0.2) is 42.6 Å². The summed E-state index contributed by atoms with van der Waals surface area (Å²) in [6.07, 6.45) is 2.09. The smallest absolute Gasteiger partial charge is 0.228 e. The van der Waals surface area contributed by atoms with Gasteiger partial charge in [0.25, 0.3) is 0 Å². The molecule has 0 unspecified atom stereocenters. The van der Waals surface area contributed by atoms with Gasteiger partial charge in [0.15, 0.2) is 0 Å². The van der Waals surface area contributed by atoms with Gasteiger partial charge in [-0.2, -0.15) is 5.10 Å². The van der Waals surface area contributed by atoms with Crippen molar-refractivity contribution in [3.05, 3.63) is 58.7 Å². The molecule has 4 nitrogen and oxygen atoms in total. The minimum absolute atomic E-state index is 0.0996. The fourth-order valence-electron chi connectivity index (χ4n) is 2.32. The number of hydrogen-bond donors (Lipinski definition) is 2. The molecule has 0 radical (unpaired) electrons. The molecule has 2 aromatic carbocycles. The molecule has 106 valence electrons. The predicted octanol–water partition coefficient (Wildman–Crippen LogP) is 3.71. The van der Waals surface area contributed by atoms with E-state index in [1.165, 1.54) is 0 Å². The van der Waals surface area contributed by atoms with Crippen LogP contribution in [0.2, 0.25) is 5.02 Å². The third kappa shape index (κ3) is 2.90. The molecule has 5 heteroatoms. The van der Waals surface area contributed by atoms with Gasteiger partial charge in [-0.15, -0.1) is 0 Å². The molecule has 1 amide bonds. The van der Waals surface area contributed by atoms with Crippen LogP contribution in [-0.2, 0) is 11.2 Å². The second-order valence-electron chi connectivity index (χ2n) is 4.93. The van der Waals surface area contributed by atoms with E-state index in [0.29, 0.717) is 5.02 Å². The van der Waals surface area contributed by atoms with Crippen molar-refractivity contribution in [3.63, 3.8) is 0 Å². The molecule has 0 bridgehead atoms. The normalized spacial score (nSPS) is 10.8. The number of carbonyl (C=O) groups is 1. The van der Waals surface area contributed by atoms with E-state index in [2.05, 4.69) is 15.5 Å². The number of fused-ring (bicyclic) bond motifs is 1. The highest BCUT2D eigenvalue weighted by Gasteiger charge is 2.09. The number of anilines is 1. The SMILES string of the molecule is Cc1cc(NC(=O)Cc2ccccc2Cl)cc2n[nH]cc12. The number of amides is 1. The van der Waals surface area contributed by atoms with Crippen molar-refractivity contribution in [1.82, 2.24) is 10.2 Å². The first-order chi connectivity index (χ1) is 10.1. The number of benzene rings is 2. The Labute approximate surface area is 127 Å². The number of H-pyrrole nitrogens is 1. The number of rotatable bonds is 3. The van der Waals surface area contributed by atoms with Crippen molar-refractivity contribution in [2.75, 3.05) is 5.32 Å². The Morgan fingerprint density at radius 2 is 2.14 bits per heavy atom. The third-order valence-corrected chi connectivity index (χ3v) is 3.72. The number of nitrogens with one attached hydrogen (secondary N) is 2. The molecule has 3 aromatic rings. The van der Waals surface area contributed by atoms with Crippen molar-refractivity contribution >= 4 is 34.1 Å². The lowest BCUT2D eigenvalue weighted by atomic mass is 10.1. The molecule has 0 aliphatic heterocycles. The van der Waals surface area contributed by atoms with Crippen LogP contribution in [0, 0.1) is 6.92 Å². The summed E-state index contributed by atoms with van der Waals surface area (Å²) in [5.41, 5.74) is 3.45. The topological polar surface area (TPSA) is 57.8 Å². The van der Waals surface area contributed by atoms with Gasteiger partial charge in [-0.3, -0.25) is 9.89 Å². The quantitative estimate of drug-likeness (QED) is 0.774. The standard InChI is InChI=1S/C16H14ClN3O/c1-10-6-12(8-15-13(10)9-18-20-15)19-16(21)7-11-4-2-3-5-14(11)17/h2-6,8-9H,7H2,1H3,(H,18,20)(H,19,21). The van der Waals surface area contributed by atoms with Gasteiger partial charge >= 0.3 is 0 Å². The van der Waals surface area contributed by atoms with Gasteiger partial charge in [-0.25, -0.2) is 0 Å². The lowest BCUT2D eigenvalue weighted by molar-refractivity contribution is -0.115. The molecule has 1 aromatic heterocycles. The number of nitrogens with zero attached hydrogens (tertiary/aromatic N) is 1. The number of carbonyl (C=O) groups excluding carboxylic acids is 1. The van der Waals surface area contributed by atoms with E-state index in [0.717, 1.165) is 27.7 Å². The zero-order valence-electron chi connectivity index (χ0n) is 11.5. The molecule has 0 aliphatic carbocycles. The van der Waals surface area contributed by atoms with Gasteiger partial charge in [-0.1, -0.05) is 29.8 Å². The first kappa shape index (κ1) is 13.6. The molecule has 2 N–H and O–H groups in total. The number of aromatic nitrogens is 2. The molecule has 0 aliphatic rings. The summed E-state index contributed by atoms with van der Waals surface area (Å²) in [5.74, 6) is -0.0996. The number of aromatic amines is 1. The van der Waals surface area contributed by atoms with Crippen LogP contribution in [-0.4, -0.2) is 16.1 Å². The average molecular weight is 300 g/mol. The summed E-state index contributed by atoms with van der Waals surface area (Å²) in [7, 11) is 0. The van der Waals surface area contributed by atoms with E-state index >= 15 is 0 Å². The maximum Gasteiger partial charge on any atom is 0.228 e. The van der Waals surface area contributed by atoms with Crippen LogP contribution in [0.25, 0.3) is 10.9 Å². The van der Waals surface area contributed by atoms with Gasteiger partial charge in [0.2, 0.25) is 5.91 Å². The Kier molecular flexibility index (Phi) is 3.62. The summed E-state index contributed by atoms with van der Waals surface area (Å²) < 4.78 is 0. The monoisotopic (exact) mass is 299 g/mol. The van der Waals surface area contributed by atoms with E-state index in [4.69, 9.17) is 11.6 Å². The molecule has 1 heterocycles. The summed E-state index contributed by atoms with van der Waals surface area (Å²) >= 11 is 6.07. The third-order valence-electron chi connectivity index (χ3n) is 3.35. The predicted molar refractivity (Wildman–Crippen MR) is 84.6 cm³/mol. The Balaban J connectivity index is 1.78. The highest BCUT2D eigenvalue weighted by atomic mass is 35.5. The van der Waals surface area contributed by atoms with Crippen molar-refractivity contribution < 1.29 is 4.79 Å². The number of aryl methyl sites for hydroxylation is 1. The fourth-order valence-corrected chi connectivity index (χ4v) is 2.52. The maximum absolute atomic E-state index is 12.1. The van der Waals surface area contributed by atoms with Crippen LogP contribution in [0.4, 0.5) is 5.69 Å². The molecule has 0 saturated heterocycles. The van der Waals surface area contributed by atoms with Crippen molar-refractivity contribution in [1.29, 1.82) is 0 Å². The van der Waals surface area contributed by atoms with Gasteiger partial charge in [0.05, 0.1) is 11.9 Å². The first-order valence-electron chi connectivity index (χ1n) is 6.61. The summed E-state index contributed by atoms with van der Waals surface area (Å²) in [6, 6.07) is 11.1. The van der Waals surface area contributed by atoms with Crippen LogP contribution in [0.1, 0.15) is 11.1 Å². The van der Waals surface area contributed by atoms with E-state index in [1.807, 2.05) is 43.5 Å². The summed E-state index contributed by atoms with van der Waals surface area (Å²) in [6.45, 7) is 1.99. The minimum atomic E-state index is -0.0996. The van der Waals surface area contributed by atoms with Gasteiger partial charge in [-0.05, 0) is 36.2 Å². The first-order valence-corrected chi connectivity index (χ1v) is 6.98. The van der Waals surface area contributed by atoms with Crippen LogP contribution in [0.3, 0.4) is 0 Å². The number of hydrogen-bond acceptors (Lipinski definition) is 2. The van der Waals surface area contributed by atoms with Crippen LogP contribution in [0.5, 0.6) is 0 Å². The Bertz CT molecular complexity index is 810. The molecular weight excluding hydrogens is 286 g/mol. The van der Waals surface area contributed by atoms with E-state index in [-0.39, 0.29) is 12.3 Å². The average Bonchev–Trinajstić information content (AvgIpc) is 2.90. The molecule has 0 atom stereocenters. The minimum Gasteiger partial charge on any atom is -0.326 e.